The monoisotopic (exact) mass is 655 g/mol. The van der Waals surface area contributed by atoms with E-state index in [1.54, 1.807) is 0 Å². The smallest absolute Gasteiger partial charge is 0.132 e. The maximum Gasteiger partial charge on any atom is 0.132 e. The fraction of sp³-hybridized carbons (Fsp3) is 0.0612. The van der Waals surface area contributed by atoms with Crippen LogP contribution in [0.2, 0.25) is 0 Å². The zero-order valence-corrected chi connectivity index (χ0v) is 28.8. The minimum Gasteiger partial charge on any atom is -0.457 e. The van der Waals surface area contributed by atoms with Crippen LogP contribution in [-0.2, 0) is 5.41 Å². The fourth-order valence-electron chi connectivity index (χ4n) is 8.32. The Morgan fingerprint density at radius 3 is 1.61 bits per heavy atom. The molecule has 0 bridgehead atoms. The summed E-state index contributed by atoms with van der Waals surface area (Å²) in [5.74, 6) is 1.77. The molecule has 0 atom stereocenters. The van der Waals surface area contributed by atoms with Gasteiger partial charge in [0.05, 0.1) is 11.1 Å². The highest BCUT2D eigenvalue weighted by molar-refractivity contribution is 5.92. The third-order valence-corrected chi connectivity index (χ3v) is 10.5. The van der Waals surface area contributed by atoms with Crippen LogP contribution in [0, 0.1) is 0 Å². The number of anilines is 3. The first kappa shape index (κ1) is 30.7. The van der Waals surface area contributed by atoms with Crippen molar-refractivity contribution in [1.29, 1.82) is 0 Å². The summed E-state index contributed by atoms with van der Waals surface area (Å²) in [6, 6.07) is 63.4. The van der Waals surface area contributed by atoms with Crippen molar-refractivity contribution in [1.82, 2.24) is 0 Å². The van der Waals surface area contributed by atoms with Gasteiger partial charge in [0.2, 0.25) is 0 Å². The lowest BCUT2D eigenvalue weighted by Gasteiger charge is -2.42. The lowest BCUT2D eigenvalue weighted by molar-refractivity contribution is 0.388. The lowest BCUT2D eigenvalue weighted by Crippen LogP contribution is -2.35. The molecule has 0 saturated heterocycles. The van der Waals surface area contributed by atoms with Crippen molar-refractivity contribution in [3.05, 3.63) is 216 Å². The molecule has 2 heteroatoms. The van der Waals surface area contributed by atoms with E-state index in [1.165, 1.54) is 38.9 Å². The van der Waals surface area contributed by atoms with E-state index in [2.05, 4.69) is 207 Å². The van der Waals surface area contributed by atoms with Crippen LogP contribution in [0.3, 0.4) is 0 Å². The van der Waals surface area contributed by atoms with Gasteiger partial charge in [0.25, 0.3) is 0 Å². The second-order valence-corrected chi connectivity index (χ2v) is 13.1. The molecule has 7 aromatic carbocycles. The van der Waals surface area contributed by atoms with Crippen molar-refractivity contribution in [3.8, 4) is 39.1 Å². The van der Waals surface area contributed by atoms with E-state index in [1.807, 2.05) is 0 Å². The van der Waals surface area contributed by atoms with Gasteiger partial charge in [-0.15, -0.1) is 0 Å². The molecule has 0 amide bonds. The Balaban J connectivity index is 1.32. The van der Waals surface area contributed by atoms with Crippen LogP contribution in [0.5, 0.6) is 5.75 Å². The van der Waals surface area contributed by atoms with Crippen LogP contribution < -0.4 is 9.64 Å². The molecular formula is C49H37NO. The number of hydrogen-bond donors (Lipinski definition) is 0. The summed E-state index contributed by atoms with van der Waals surface area (Å²) < 4.78 is 6.78. The summed E-state index contributed by atoms with van der Waals surface area (Å²) >= 11 is 0. The average Bonchev–Trinajstić information content (AvgIpc) is 3.49. The SMILES string of the molecule is C/C=C1\C(=C/C)Oc2ccc(N(c3ccc(-c4ccccc4)cc3)c3ccccc3-c3ccccc3)cc2C12c1ccccc1-c1ccccc12. The van der Waals surface area contributed by atoms with Gasteiger partial charge in [-0.05, 0) is 95.3 Å². The molecule has 1 aliphatic heterocycles. The van der Waals surface area contributed by atoms with Gasteiger partial charge < -0.3 is 9.64 Å². The summed E-state index contributed by atoms with van der Waals surface area (Å²) in [4.78, 5) is 2.40. The van der Waals surface area contributed by atoms with Gasteiger partial charge in [-0.25, -0.2) is 0 Å². The van der Waals surface area contributed by atoms with Gasteiger partial charge in [0.1, 0.15) is 11.5 Å². The van der Waals surface area contributed by atoms with Crippen molar-refractivity contribution in [2.75, 3.05) is 4.90 Å². The number of hydrogen-bond acceptors (Lipinski definition) is 2. The Bertz CT molecular complexity index is 2410. The summed E-state index contributed by atoms with van der Waals surface area (Å²) in [7, 11) is 0. The topological polar surface area (TPSA) is 12.5 Å². The van der Waals surface area contributed by atoms with Crippen molar-refractivity contribution in [3.63, 3.8) is 0 Å². The van der Waals surface area contributed by atoms with Crippen molar-refractivity contribution >= 4 is 17.1 Å². The number of benzene rings is 7. The minimum absolute atomic E-state index is 0.546. The van der Waals surface area contributed by atoms with Crippen LogP contribution in [0.4, 0.5) is 17.1 Å². The Morgan fingerprint density at radius 1 is 0.451 bits per heavy atom. The Kier molecular flexibility index (Phi) is 7.51. The first-order valence-corrected chi connectivity index (χ1v) is 17.7. The molecule has 0 saturated carbocycles. The molecule has 0 radical (unpaired) electrons. The number of nitrogens with zero attached hydrogens (tertiary/aromatic N) is 1. The van der Waals surface area contributed by atoms with E-state index in [4.69, 9.17) is 4.74 Å². The van der Waals surface area contributed by atoms with E-state index in [0.29, 0.717) is 0 Å². The minimum atomic E-state index is -0.546. The molecular weight excluding hydrogens is 619 g/mol. The highest BCUT2D eigenvalue weighted by Crippen LogP contribution is 2.62. The summed E-state index contributed by atoms with van der Waals surface area (Å²) in [6.45, 7) is 4.21. The number of fused-ring (bicyclic) bond motifs is 7. The highest BCUT2D eigenvalue weighted by atomic mass is 16.5. The first-order valence-electron chi connectivity index (χ1n) is 17.7. The standard InChI is InChI=1S/C49H37NO/c1-3-42-47(4-2)51-48-32-31-38(33-45(48)49(42)43-24-14-11-22-40(43)41-23-12-15-25-44(41)49)50(37-29-27-35(28-30-37)34-17-7-5-8-18-34)46-26-16-13-21-39(46)36-19-9-6-10-20-36/h3-33H,1-2H3/b42-3+,47-4+. The summed E-state index contributed by atoms with van der Waals surface area (Å²) in [5, 5.41) is 0. The van der Waals surface area contributed by atoms with Gasteiger partial charge in [0.15, 0.2) is 0 Å². The lowest BCUT2D eigenvalue weighted by atomic mass is 9.65. The maximum absolute atomic E-state index is 6.78. The predicted octanol–water partition coefficient (Wildman–Crippen LogP) is 13.0. The molecule has 244 valence electrons. The molecule has 0 fully saturated rings. The third-order valence-electron chi connectivity index (χ3n) is 10.5. The molecule has 0 aromatic heterocycles. The quantitative estimate of drug-likeness (QED) is 0.183. The van der Waals surface area contributed by atoms with Gasteiger partial charge in [-0.2, -0.15) is 0 Å². The molecule has 51 heavy (non-hydrogen) atoms. The average molecular weight is 656 g/mol. The molecule has 0 unspecified atom stereocenters. The van der Waals surface area contributed by atoms with E-state index in [9.17, 15) is 0 Å². The predicted molar refractivity (Wildman–Crippen MR) is 212 cm³/mol. The molecule has 2 aliphatic rings. The Hall–Kier alpha value is -6.38. The van der Waals surface area contributed by atoms with Crippen molar-refractivity contribution in [2.24, 2.45) is 0 Å². The van der Waals surface area contributed by atoms with E-state index >= 15 is 0 Å². The van der Waals surface area contributed by atoms with Crippen molar-refractivity contribution < 1.29 is 4.74 Å². The van der Waals surface area contributed by atoms with Gasteiger partial charge >= 0.3 is 0 Å². The third kappa shape index (κ3) is 4.79. The molecule has 9 rings (SSSR count). The normalized spacial score (nSPS) is 15.3. The number of allylic oxidation sites excluding steroid dienone is 3. The second-order valence-electron chi connectivity index (χ2n) is 13.1. The maximum atomic E-state index is 6.78. The number of para-hydroxylation sites is 1. The van der Waals surface area contributed by atoms with Gasteiger partial charge in [-0.1, -0.05) is 146 Å². The van der Waals surface area contributed by atoms with E-state index in [-0.39, 0.29) is 0 Å². The Labute approximate surface area is 300 Å². The van der Waals surface area contributed by atoms with E-state index < -0.39 is 5.41 Å². The number of rotatable bonds is 5. The fourth-order valence-corrected chi connectivity index (χ4v) is 8.32. The summed E-state index contributed by atoms with van der Waals surface area (Å²) in [6.07, 6.45) is 4.35. The Morgan fingerprint density at radius 2 is 0.980 bits per heavy atom. The molecule has 1 spiro atoms. The number of ether oxygens (including phenoxy) is 1. The highest BCUT2D eigenvalue weighted by Gasteiger charge is 2.52. The van der Waals surface area contributed by atoms with Crippen molar-refractivity contribution in [2.45, 2.75) is 19.3 Å². The molecule has 2 nitrogen and oxygen atoms in total. The second kappa shape index (κ2) is 12.5. The largest absolute Gasteiger partial charge is 0.457 e. The summed E-state index contributed by atoms with van der Waals surface area (Å²) in [5.41, 5.74) is 14.8. The van der Waals surface area contributed by atoms with Crippen LogP contribution >= 0.6 is 0 Å². The van der Waals surface area contributed by atoms with Gasteiger partial charge in [0, 0.05) is 28.1 Å². The van der Waals surface area contributed by atoms with Crippen LogP contribution in [0.1, 0.15) is 30.5 Å². The van der Waals surface area contributed by atoms with Crippen LogP contribution in [0.25, 0.3) is 33.4 Å². The first-order chi connectivity index (χ1) is 25.2. The van der Waals surface area contributed by atoms with Gasteiger partial charge in [-0.3, -0.25) is 0 Å². The molecule has 0 N–H and O–H groups in total. The molecule has 7 aromatic rings. The zero-order chi connectivity index (χ0) is 34.4. The van der Waals surface area contributed by atoms with Crippen LogP contribution in [-0.4, -0.2) is 0 Å². The molecule has 1 aliphatic carbocycles. The van der Waals surface area contributed by atoms with Crippen LogP contribution in [0.15, 0.2) is 199 Å². The zero-order valence-electron chi connectivity index (χ0n) is 28.8. The van der Waals surface area contributed by atoms with E-state index in [0.717, 1.165) is 45.3 Å². The molecule has 1 heterocycles.